The zero-order valence-electron chi connectivity index (χ0n) is 12.7. The van der Waals surface area contributed by atoms with Gasteiger partial charge in [-0.3, -0.25) is 4.79 Å². The van der Waals surface area contributed by atoms with Crippen molar-refractivity contribution in [2.75, 3.05) is 13.1 Å². The molecule has 1 aliphatic carbocycles. The van der Waals surface area contributed by atoms with Crippen LogP contribution in [0.5, 0.6) is 0 Å². The van der Waals surface area contributed by atoms with E-state index in [1.54, 1.807) is 0 Å². The molecule has 3 nitrogen and oxygen atoms in total. The number of carbonyl (C=O) groups excluding carboxylic acids is 1. The summed E-state index contributed by atoms with van der Waals surface area (Å²) >= 11 is 0. The minimum absolute atomic E-state index is 0.00118. The van der Waals surface area contributed by atoms with E-state index in [9.17, 15) is 4.79 Å². The fraction of sp³-hybridized carbons (Fsp3) is 0.938. The summed E-state index contributed by atoms with van der Waals surface area (Å²) in [7, 11) is 0. The van der Waals surface area contributed by atoms with Crippen LogP contribution in [0.1, 0.15) is 65.2 Å². The van der Waals surface area contributed by atoms with Crippen LogP contribution in [0.3, 0.4) is 0 Å². The van der Waals surface area contributed by atoms with Crippen LogP contribution in [0.15, 0.2) is 0 Å². The molecule has 1 saturated carbocycles. The molecule has 1 atom stereocenters. The molecule has 3 heteroatoms. The first-order valence-electron chi connectivity index (χ1n) is 8.25. The Labute approximate surface area is 118 Å². The summed E-state index contributed by atoms with van der Waals surface area (Å²) < 4.78 is 0. The number of piperidine rings is 1. The Kier molecular flexibility index (Phi) is 5.68. The lowest BCUT2D eigenvalue weighted by Crippen LogP contribution is -2.50. The maximum Gasteiger partial charge on any atom is 0.239 e. The average Bonchev–Trinajstić information content (AvgIpc) is 2.48. The molecule has 2 rings (SSSR count). The third-order valence-corrected chi connectivity index (χ3v) is 4.95. The Morgan fingerprint density at radius 1 is 1.16 bits per heavy atom. The molecule has 2 fully saturated rings. The summed E-state index contributed by atoms with van der Waals surface area (Å²) in [6.07, 6.45) is 10.1. The van der Waals surface area contributed by atoms with Crippen LogP contribution in [0, 0.1) is 5.92 Å². The van der Waals surface area contributed by atoms with Gasteiger partial charge in [-0.1, -0.05) is 13.3 Å². The molecule has 0 radical (unpaired) electrons. The SMILES string of the molecule is CCC1CCC(NC(C)C(=O)N2CCCCC2)CC1. The number of rotatable bonds is 4. The number of amides is 1. The van der Waals surface area contributed by atoms with E-state index < -0.39 is 0 Å². The Morgan fingerprint density at radius 3 is 2.37 bits per heavy atom. The molecule has 19 heavy (non-hydrogen) atoms. The number of carbonyl (C=O) groups is 1. The lowest BCUT2D eigenvalue weighted by molar-refractivity contribution is -0.134. The summed E-state index contributed by atoms with van der Waals surface area (Å²) in [4.78, 5) is 14.4. The zero-order valence-corrected chi connectivity index (χ0v) is 12.7. The van der Waals surface area contributed by atoms with Crippen LogP contribution in [-0.2, 0) is 4.79 Å². The first kappa shape index (κ1) is 14.8. The Hall–Kier alpha value is -0.570. The van der Waals surface area contributed by atoms with Gasteiger partial charge in [0, 0.05) is 19.1 Å². The van der Waals surface area contributed by atoms with E-state index in [1.165, 1.54) is 51.4 Å². The van der Waals surface area contributed by atoms with Gasteiger partial charge in [0.2, 0.25) is 5.91 Å². The number of nitrogens with one attached hydrogen (secondary N) is 1. The standard InChI is InChI=1S/C16H30N2O/c1-3-14-7-9-15(10-8-14)17-13(2)16(19)18-11-5-4-6-12-18/h13-15,17H,3-12H2,1-2H3. The van der Waals surface area contributed by atoms with Crippen LogP contribution in [0.25, 0.3) is 0 Å². The number of nitrogens with zero attached hydrogens (tertiary/aromatic N) is 1. The summed E-state index contributed by atoms with van der Waals surface area (Å²) in [5, 5.41) is 3.57. The fourth-order valence-electron chi connectivity index (χ4n) is 3.55. The van der Waals surface area contributed by atoms with Gasteiger partial charge in [-0.15, -0.1) is 0 Å². The van der Waals surface area contributed by atoms with E-state index in [1.807, 2.05) is 6.92 Å². The van der Waals surface area contributed by atoms with E-state index in [4.69, 9.17) is 0 Å². The van der Waals surface area contributed by atoms with E-state index >= 15 is 0 Å². The third-order valence-electron chi connectivity index (χ3n) is 4.95. The molecule has 0 aromatic rings. The van der Waals surface area contributed by atoms with Gasteiger partial charge in [0.25, 0.3) is 0 Å². The van der Waals surface area contributed by atoms with Gasteiger partial charge in [-0.25, -0.2) is 0 Å². The van der Waals surface area contributed by atoms with E-state index in [0.717, 1.165) is 19.0 Å². The monoisotopic (exact) mass is 266 g/mol. The van der Waals surface area contributed by atoms with Crippen LogP contribution in [-0.4, -0.2) is 36.0 Å². The summed E-state index contributed by atoms with van der Waals surface area (Å²) in [5.41, 5.74) is 0. The second kappa shape index (κ2) is 7.28. The maximum absolute atomic E-state index is 12.4. The number of likely N-dealkylation sites (tertiary alicyclic amines) is 1. The van der Waals surface area contributed by atoms with Crippen molar-refractivity contribution in [2.45, 2.75) is 77.3 Å². The molecule has 0 spiro atoms. The molecule has 1 aliphatic heterocycles. The van der Waals surface area contributed by atoms with Gasteiger partial charge in [0.15, 0.2) is 0 Å². The largest absolute Gasteiger partial charge is 0.341 e. The predicted molar refractivity (Wildman–Crippen MR) is 79.1 cm³/mol. The average molecular weight is 266 g/mol. The van der Waals surface area contributed by atoms with Crippen LogP contribution in [0.4, 0.5) is 0 Å². The molecular weight excluding hydrogens is 236 g/mol. The summed E-state index contributed by atoms with van der Waals surface area (Å²) in [6, 6.07) is 0.563. The van der Waals surface area contributed by atoms with E-state index in [0.29, 0.717) is 11.9 Å². The quantitative estimate of drug-likeness (QED) is 0.848. The third kappa shape index (κ3) is 4.20. The Morgan fingerprint density at radius 2 is 1.79 bits per heavy atom. The molecule has 2 aliphatic rings. The van der Waals surface area contributed by atoms with Crippen molar-refractivity contribution in [3.63, 3.8) is 0 Å². The molecule has 1 N–H and O–H groups in total. The Bertz CT molecular complexity index is 278. The molecule has 0 aromatic carbocycles. The van der Waals surface area contributed by atoms with Crippen molar-refractivity contribution < 1.29 is 4.79 Å². The van der Waals surface area contributed by atoms with Gasteiger partial charge < -0.3 is 10.2 Å². The lowest BCUT2D eigenvalue weighted by atomic mass is 9.84. The second-order valence-corrected chi connectivity index (χ2v) is 6.40. The lowest BCUT2D eigenvalue weighted by Gasteiger charge is -2.33. The van der Waals surface area contributed by atoms with Crippen molar-refractivity contribution in [2.24, 2.45) is 5.92 Å². The van der Waals surface area contributed by atoms with Gasteiger partial charge in [-0.2, -0.15) is 0 Å². The molecular formula is C16H30N2O. The highest BCUT2D eigenvalue weighted by Crippen LogP contribution is 2.26. The molecule has 1 unspecified atom stereocenters. The summed E-state index contributed by atoms with van der Waals surface area (Å²) in [5.74, 6) is 1.24. The van der Waals surface area contributed by atoms with Crippen LogP contribution in [0.2, 0.25) is 0 Å². The van der Waals surface area contributed by atoms with Gasteiger partial charge in [0.05, 0.1) is 6.04 Å². The minimum Gasteiger partial charge on any atom is -0.341 e. The highest BCUT2D eigenvalue weighted by molar-refractivity contribution is 5.81. The van der Waals surface area contributed by atoms with Crippen molar-refractivity contribution in [3.8, 4) is 0 Å². The van der Waals surface area contributed by atoms with E-state index in [-0.39, 0.29) is 6.04 Å². The molecule has 0 aromatic heterocycles. The van der Waals surface area contributed by atoms with Crippen molar-refractivity contribution in [1.82, 2.24) is 10.2 Å². The van der Waals surface area contributed by atoms with Crippen molar-refractivity contribution in [1.29, 1.82) is 0 Å². The van der Waals surface area contributed by atoms with Crippen LogP contribution < -0.4 is 5.32 Å². The number of hydrogen-bond acceptors (Lipinski definition) is 2. The molecule has 1 amide bonds. The van der Waals surface area contributed by atoms with Gasteiger partial charge >= 0.3 is 0 Å². The van der Waals surface area contributed by atoms with Gasteiger partial charge in [-0.05, 0) is 57.8 Å². The molecule has 110 valence electrons. The minimum atomic E-state index is 0.00118. The molecule has 1 heterocycles. The first-order valence-corrected chi connectivity index (χ1v) is 8.25. The smallest absolute Gasteiger partial charge is 0.239 e. The normalized spacial score (nSPS) is 30.1. The van der Waals surface area contributed by atoms with Crippen LogP contribution >= 0.6 is 0 Å². The predicted octanol–water partition coefficient (Wildman–Crippen LogP) is 2.95. The fourth-order valence-corrected chi connectivity index (χ4v) is 3.55. The molecule has 1 saturated heterocycles. The molecule has 0 bridgehead atoms. The first-order chi connectivity index (χ1) is 9.20. The van der Waals surface area contributed by atoms with Crippen molar-refractivity contribution >= 4 is 5.91 Å². The second-order valence-electron chi connectivity index (χ2n) is 6.40. The van der Waals surface area contributed by atoms with E-state index in [2.05, 4.69) is 17.1 Å². The highest BCUT2D eigenvalue weighted by atomic mass is 16.2. The summed E-state index contributed by atoms with van der Waals surface area (Å²) in [6.45, 7) is 6.27. The highest BCUT2D eigenvalue weighted by Gasteiger charge is 2.26. The van der Waals surface area contributed by atoms with Gasteiger partial charge in [0.1, 0.15) is 0 Å². The number of hydrogen-bond donors (Lipinski definition) is 1. The Balaban J connectivity index is 1.74. The van der Waals surface area contributed by atoms with Crippen molar-refractivity contribution in [3.05, 3.63) is 0 Å². The zero-order chi connectivity index (χ0) is 13.7. The topological polar surface area (TPSA) is 32.3 Å². The maximum atomic E-state index is 12.4.